The molecule has 126 valence electrons. The lowest BCUT2D eigenvalue weighted by Gasteiger charge is -2.12. The lowest BCUT2D eigenvalue weighted by Crippen LogP contribution is -2.29. The van der Waals surface area contributed by atoms with E-state index in [1.807, 2.05) is 24.3 Å². The van der Waals surface area contributed by atoms with Crippen molar-refractivity contribution < 1.29 is 4.74 Å². The summed E-state index contributed by atoms with van der Waals surface area (Å²) in [4.78, 5) is 0. The maximum atomic E-state index is 5.51. The fourth-order valence-electron chi connectivity index (χ4n) is 2.36. The summed E-state index contributed by atoms with van der Waals surface area (Å²) < 4.78 is 5.51. The van der Waals surface area contributed by atoms with E-state index in [0.29, 0.717) is 11.7 Å². The molecule has 2 N–H and O–H groups in total. The topological polar surface area (TPSA) is 33.3 Å². The molecule has 0 saturated carbocycles. The molecule has 0 heterocycles. The van der Waals surface area contributed by atoms with Gasteiger partial charge >= 0.3 is 0 Å². The van der Waals surface area contributed by atoms with Gasteiger partial charge < -0.3 is 15.4 Å². The van der Waals surface area contributed by atoms with Gasteiger partial charge in [-0.3, -0.25) is 0 Å². The fourth-order valence-corrected chi connectivity index (χ4v) is 2.58. The van der Waals surface area contributed by atoms with Crippen molar-refractivity contribution in [2.75, 3.05) is 18.5 Å². The first-order valence-corrected chi connectivity index (χ1v) is 8.52. The van der Waals surface area contributed by atoms with Crippen molar-refractivity contribution >= 4 is 23.0 Å². The van der Waals surface area contributed by atoms with Gasteiger partial charge in [-0.1, -0.05) is 48.6 Å². The molecule has 0 aliphatic carbocycles. The maximum absolute atomic E-state index is 5.51. The van der Waals surface area contributed by atoms with Crippen LogP contribution in [0.25, 0.3) is 0 Å². The zero-order valence-corrected chi connectivity index (χ0v) is 14.9. The van der Waals surface area contributed by atoms with Gasteiger partial charge in [0.1, 0.15) is 12.4 Å². The highest BCUT2D eigenvalue weighted by molar-refractivity contribution is 7.80. The number of rotatable bonds is 8. The summed E-state index contributed by atoms with van der Waals surface area (Å²) in [6.45, 7) is 7.09. The second-order valence-electron chi connectivity index (χ2n) is 5.60. The van der Waals surface area contributed by atoms with Crippen molar-refractivity contribution in [1.82, 2.24) is 5.32 Å². The molecule has 0 spiro atoms. The second kappa shape index (κ2) is 9.73. The number of nitrogens with one attached hydrogen (secondary N) is 2. The smallest absolute Gasteiger partial charge is 0.170 e. The molecule has 2 aromatic carbocycles. The summed E-state index contributed by atoms with van der Waals surface area (Å²) in [6.07, 6.45) is 3.80. The molecule has 0 unspecified atom stereocenters. The Morgan fingerprint density at radius 2 is 2.04 bits per heavy atom. The van der Waals surface area contributed by atoms with Gasteiger partial charge in [-0.05, 0) is 49.7 Å². The Kier molecular flexibility index (Phi) is 7.30. The van der Waals surface area contributed by atoms with E-state index in [1.165, 1.54) is 11.1 Å². The predicted octanol–water partition coefficient (Wildman–Crippen LogP) is 4.48. The predicted molar refractivity (Wildman–Crippen MR) is 106 cm³/mol. The number of benzene rings is 2. The summed E-state index contributed by atoms with van der Waals surface area (Å²) in [7, 11) is 0. The first kappa shape index (κ1) is 18.0. The Morgan fingerprint density at radius 1 is 1.21 bits per heavy atom. The minimum absolute atomic E-state index is 0.491. The lowest BCUT2D eigenvalue weighted by molar-refractivity contribution is 0.363. The van der Waals surface area contributed by atoms with Crippen molar-refractivity contribution in [3.63, 3.8) is 0 Å². The van der Waals surface area contributed by atoms with Crippen molar-refractivity contribution in [3.05, 3.63) is 72.3 Å². The van der Waals surface area contributed by atoms with Gasteiger partial charge in [-0.15, -0.1) is 0 Å². The lowest BCUT2D eigenvalue weighted by atomic mass is 10.1. The van der Waals surface area contributed by atoms with E-state index in [4.69, 9.17) is 17.0 Å². The number of thiocarbonyl (C=S) groups is 1. The second-order valence-corrected chi connectivity index (χ2v) is 6.01. The molecule has 2 rings (SSSR count). The van der Waals surface area contributed by atoms with E-state index in [-0.39, 0.29) is 0 Å². The molecule has 0 amide bonds. The third-order valence-electron chi connectivity index (χ3n) is 3.47. The third-order valence-corrected chi connectivity index (χ3v) is 3.72. The standard InChI is InChI=1S/C20H24N2OS/c1-3-13-23-19-11-5-10-18(15-19)22-20(24)21-12-6-9-17-8-4-7-16(2)14-17/h3-5,7-8,10-11,14-15H,1,6,9,12-13H2,2H3,(H2,21,22,24). The van der Waals surface area contributed by atoms with Gasteiger partial charge in [0, 0.05) is 18.3 Å². The van der Waals surface area contributed by atoms with Gasteiger partial charge in [-0.2, -0.15) is 0 Å². The van der Waals surface area contributed by atoms with Crippen LogP contribution in [-0.2, 0) is 6.42 Å². The minimum atomic E-state index is 0.491. The highest BCUT2D eigenvalue weighted by atomic mass is 32.1. The van der Waals surface area contributed by atoms with Gasteiger partial charge in [0.05, 0.1) is 0 Å². The highest BCUT2D eigenvalue weighted by Crippen LogP contribution is 2.17. The molecule has 0 saturated heterocycles. The largest absolute Gasteiger partial charge is 0.489 e. The molecule has 0 aliphatic rings. The molecule has 2 aromatic rings. The Hall–Kier alpha value is -2.33. The van der Waals surface area contributed by atoms with Crippen LogP contribution < -0.4 is 15.4 Å². The SMILES string of the molecule is C=CCOc1cccc(NC(=S)NCCCc2cccc(C)c2)c1. The van der Waals surface area contributed by atoms with E-state index >= 15 is 0 Å². The Bertz CT molecular complexity index is 685. The van der Waals surface area contributed by atoms with Crippen LogP contribution in [0.2, 0.25) is 0 Å². The van der Waals surface area contributed by atoms with Crippen molar-refractivity contribution in [2.45, 2.75) is 19.8 Å². The molecular formula is C20H24N2OS. The highest BCUT2D eigenvalue weighted by Gasteiger charge is 2.00. The summed E-state index contributed by atoms with van der Waals surface area (Å²) >= 11 is 5.34. The number of ether oxygens (including phenoxy) is 1. The van der Waals surface area contributed by atoms with Crippen molar-refractivity contribution in [3.8, 4) is 5.75 Å². The summed E-state index contributed by atoms with van der Waals surface area (Å²) in [5.41, 5.74) is 3.58. The van der Waals surface area contributed by atoms with E-state index in [9.17, 15) is 0 Å². The van der Waals surface area contributed by atoms with Crippen LogP contribution in [0.5, 0.6) is 5.75 Å². The van der Waals surface area contributed by atoms with Crippen LogP contribution >= 0.6 is 12.2 Å². The van der Waals surface area contributed by atoms with E-state index in [0.717, 1.165) is 30.8 Å². The normalized spacial score (nSPS) is 10.0. The molecule has 0 atom stereocenters. The monoisotopic (exact) mass is 340 g/mol. The van der Waals surface area contributed by atoms with Crippen LogP contribution in [0, 0.1) is 6.92 Å². The number of hydrogen-bond acceptors (Lipinski definition) is 2. The van der Waals surface area contributed by atoms with Crippen LogP contribution in [0.4, 0.5) is 5.69 Å². The van der Waals surface area contributed by atoms with Crippen LogP contribution in [0.15, 0.2) is 61.2 Å². The Morgan fingerprint density at radius 3 is 2.83 bits per heavy atom. The van der Waals surface area contributed by atoms with Gasteiger partial charge in [-0.25, -0.2) is 0 Å². The summed E-state index contributed by atoms with van der Waals surface area (Å²) in [5.74, 6) is 0.794. The summed E-state index contributed by atoms with van der Waals surface area (Å²) in [5, 5.41) is 7.05. The van der Waals surface area contributed by atoms with Gasteiger partial charge in [0.15, 0.2) is 5.11 Å². The molecule has 24 heavy (non-hydrogen) atoms. The molecule has 3 nitrogen and oxygen atoms in total. The Labute approximate surface area is 149 Å². The van der Waals surface area contributed by atoms with Crippen molar-refractivity contribution in [2.24, 2.45) is 0 Å². The van der Waals surface area contributed by atoms with Crippen LogP contribution in [0.1, 0.15) is 17.5 Å². The molecule has 0 aromatic heterocycles. The molecule has 0 aliphatic heterocycles. The van der Waals surface area contributed by atoms with Crippen molar-refractivity contribution in [1.29, 1.82) is 0 Å². The van der Waals surface area contributed by atoms with E-state index in [1.54, 1.807) is 6.08 Å². The van der Waals surface area contributed by atoms with Crippen LogP contribution in [0.3, 0.4) is 0 Å². The first-order chi connectivity index (χ1) is 11.7. The van der Waals surface area contributed by atoms with E-state index < -0.39 is 0 Å². The minimum Gasteiger partial charge on any atom is -0.489 e. The first-order valence-electron chi connectivity index (χ1n) is 8.11. The molecule has 0 bridgehead atoms. The zero-order chi connectivity index (χ0) is 17.2. The zero-order valence-electron chi connectivity index (χ0n) is 14.0. The van der Waals surface area contributed by atoms with Gasteiger partial charge in [0.2, 0.25) is 0 Å². The molecule has 4 heteroatoms. The molecule has 0 fully saturated rings. The third kappa shape index (κ3) is 6.42. The quantitative estimate of drug-likeness (QED) is 0.422. The fraction of sp³-hybridized carbons (Fsp3) is 0.250. The number of aryl methyl sites for hydroxylation is 2. The van der Waals surface area contributed by atoms with Crippen LogP contribution in [-0.4, -0.2) is 18.3 Å². The molecule has 0 radical (unpaired) electrons. The van der Waals surface area contributed by atoms with Gasteiger partial charge in [0.25, 0.3) is 0 Å². The molecular weight excluding hydrogens is 316 g/mol. The number of anilines is 1. The number of hydrogen-bond donors (Lipinski definition) is 2. The van der Waals surface area contributed by atoms with E-state index in [2.05, 4.69) is 48.4 Å². The Balaban J connectivity index is 1.72. The average Bonchev–Trinajstić information content (AvgIpc) is 2.57. The summed E-state index contributed by atoms with van der Waals surface area (Å²) in [6, 6.07) is 16.3. The maximum Gasteiger partial charge on any atom is 0.170 e. The average molecular weight is 340 g/mol.